The summed E-state index contributed by atoms with van der Waals surface area (Å²) in [4.78, 5) is 23.2. The molecule has 1 aliphatic carbocycles. The van der Waals surface area contributed by atoms with Crippen molar-refractivity contribution in [3.63, 3.8) is 0 Å². The highest BCUT2D eigenvalue weighted by molar-refractivity contribution is 5.99. The van der Waals surface area contributed by atoms with Gasteiger partial charge in [0.15, 0.2) is 0 Å². The summed E-state index contributed by atoms with van der Waals surface area (Å²) >= 11 is 0. The zero-order valence-electron chi connectivity index (χ0n) is 11.6. The van der Waals surface area contributed by atoms with E-state index < -0.39 is 0 Å². The second kappa shape index (κ2) is 5.65. The lowest BCUT2D eigenvalue weighted by molar-refractivity contribution is -0.124. The minimum absolute atomic E-state index is 0.0617. The number of hydrogen-bond donors (Lipinski definition) is 2. The zero-order valence-corrected chi connectivity index (χ0v) is 11.6. The molecule has 20 heavy (non-hydrogen) atoms. The van der Waals surface area contributed by atoms with Gasteiger partial charge in [0.05, 0.1) is 6.42 Å². The molecule has 3 rings (SSSR count). The summed E-state index contributed by atoms with van der Waals surface area (Å²) in [7, 11) is 0. The molecule has 0 bridgehead atoms. The van der Waals surface area contributed by atoms with Gasteiger partial charge in [0.25, 0.3) is 0 Å². The highest BCUT2D eigenvalue weighted by Gasteiger charge is 2.22. The van der Waals surface area contributed by atoms with Crippen LogP contribution in [0, 0.1) is 5.92 Å². The fourth-order valence-electron chi connectivity index (χ4n) is 3.10. The molecular formula is C16H20N2O2. The van der Waals surface area contributed by atoms with Crippen LogP contribution in [0.5, 0.6) is 0 Å². The summed E-state index contributed by atoms with van der Waals surface area (Å²) < 4.78 is 0. The highest BCUT2D eigenvalue weighted by Crippen LogP contribution is 2.25. The van der Waals surface area contributed by atoms with E-state index in [-0.39, 0.29) is 17.7 Å². The predicted molar refractivity (Wildman–Crippen MR) is 77.4 cm³/mol. The van der Waals surface area contributed by atoms with E-state index in [0.717, 1.165) is 30.5 Å². The minimum atomic E-state index is 0.0617. The molecule has 0 unspecified atom stereocenters. The summed E-state index contributed by atoms with van der Waals surface area (Å²) in [5, 5.41) is 5.86. The Balaban J connectivity index is 1.50. The largest absolute Gasteiger partial charge is 0.356 e. The average molecular weight is 272 g/mol. The fraction of sp³-hybridized carbons (Fsp3) is 0.500. The number of carbonyl (C=O) groups is 2. The van der Waals surface area contributed by atoms with Gasteiger partial charge in [-0.1, -0.05) is 25.0 Å². The van der Waals surface area contributed by atoms with Gasteiger partial charge in [0, 0.05) is 18.2 Å². The first kappa shape index (κ1) is 13.2. The molecule has 1 heterocycles. The number of amides is 2. The third-order valence-corrected chi connectivity index (χ3v) is 4.23. The van der Waals surface area contributed by atoms with Gasteiger partial charge in [-0.15, -0.1) is 0 Å². The van der Waals surface area contributed by atoms with Crippen molar-refractivity contribution in [2.24, 2.45) is 5.92 Å². The Morgan fingerprint density at radius 1 is 1.30 bits per heavy atom. The molecule has 1 aliphatic heterocycles. The lowest BCUT2D eigenvalue weighted by Crippen LogP contribution is -2.30. The van der Waals surface area contributed by atoms with Gasteiger partial charge < -0.3 is 10.6 Å². The van der Waals surface area contributed by atoms with Crippen LogP contribution in [0.1, 0.15) is 36.8 Å². The SMILES string of the molecule is O=C1Cc2cc(CCNC(=O)C3CCCC3)ccc2N1. The molecule has 1 aromatic carbocycles. The third kappa shape index (κ3) is 2.84. The molecule has 2 aliphatic rings. The van der Waals surface area contributed by atoms with Crippen LogP contribution in [0.25, 0.3) is 0 Å². The Bertz CT molecular complexity index is 533. The normalized spacial score (nSPS) is 17.9. The van der Waals surface area contributed by atoms with Gasteiger partial charge >= 0.3 is 0 Å². The number of anilines is 1. The van der Waals surface area contributed by atoms with Crippen molar-refractivity contribution in [2.75, 3.05) is 11.9 Å². The van der Waals surface area contributed by atoms with Crippen LogP contribution in [0.4, 0.5) is 5.69 Å². The van der Waals surface area contributed by atoms with Gasteiger partial charge in [0.1, 0.15) is 0 Å². The Labute approximate surface area is 118 Å². The van der Waals surface area contributed by atoms with E-state index in [4.69, 9.17) is 0 Å². The minimum Gasteiger partial charge on any atom is -0.356 e. The summed E-state index contributed by atoms with van der Waals surface area (Å²) in [5.74, 6) is 0.504. The number of fused-ring (bicyclic) bond motifs is 1. The third-order valence-electron chi connectivity index (χ3n) is 4.23. The second-order valence-electron chi connectivity index (χ2n) is 5.74. The quantitative estimate of drug-likeness (QED) is 0.881. The predicted octanol–water partition coefficient (Wildman–Crippen LogP) is 2.03. The van der Waals surface area contributed by atoms with Crippen LogP contribution in [0.15, 0.2) is 18.2 Å². The maximum absolute atomic E-state index is 11.9. The first-order chi connectivity index (χ1) is 9.72. The standard InChI is InChI=1S/C16H20N2O2/c19-15-10-13-9-11(5-6-14(13)18-15)7-8-17-16(20)12-3-1-2-4-12/h5-6,9,12H,1-4,7-8,10H2,(H,17,20)(H,18,19). The van der Waals surface area contributed by atoms with Gasteiger partial charge in [0.2, 0.25) is 11.8 Å². The molecule has 0 spiro atoms. The van der Waals surface area contributed by atoms with Gasteiger partial charge in [-0.2, -0.15) is 0 Å². The van der Waals surface area contributed by atoms with Gasteiger partial charge in [-0.3, -0.25) is 9.59 Å². The van der Waals surface area contributed by atoms with Crippen LogP contribution in [-0.2, 0) is 22.4 Å². The van der Waals surface area contributed by atoms with E-state index in [1.54, 1.807) is 0 Å². The van der Waals surface area contributed by atoms with Crippen LogP contribution in [0.2, 0.25) is 0 Å². The van der Waals surface area contributed by atoms with E-state index in [9.17, 15) is 9.59 Å². The number of nitrogens with one attached hydrogen (secondary N) is 2. The van der Waals surface area contributed by atoms with Crippen LogP contribution in [-0.4, -0.2) is 18.4 Å². The Morgan fingerprint density at radius 3 is 2.90 bits per heavy atom. The molecule has 1 saturated carbocycles. The molecule has 0 radical (unpaired) electrons. The first-order valence-electron chi connectivity index (χ1n) is 7.42. The van der Waals surface area contributed by atoms with E-state index in [1.165, 1.54) is 18.4 Å². The molecule has 2 amide bonds. The molecule has 4 heteroatoms. The van der Waals surface area contributed by atoms with Gasteiger partial charge in [-0.25, -0.2) is 0 Å². The smallest absolute Gasteiger partial charge is 0.228 e. The molecule has 106 valence electrons. The summed E-state index contributed by atoms with van der Waals surface area (Å²) in [6.45, 7) is 0.676. The highest BCUT2D eigenvalue weighted by atomic mass is 16.2. The summed E-state index contributed by atoms with van der Waals surface area (Å²) in [6, 6.07) is 6.04. The van der Waals surface area contributed by atoms with Crippen molar-refractivity contribution in [3.8, 4) is 0 Å². The molecule has 1 aromatic rings. The molecule has 2 N–H and O–H groups in total. The van der Waals surface area contributed by atoms with Crippen LogP contribution in [0.3, 0.4) is 0 Å². The van der Waals surface area contributed by atoms with Crippen molar-refractivity contribution in [2.45, 2.75) is 38.5 Å². The number of rotatable bonds is 4. The van der Waals surface area contributed by atoms with Crippen molar-refractivity contribution in [3.05, 3.63) is 29.3 Å². The van der Waals surface area contributed by atoms with Crippen molar-refractivity contribution in [1.29, 1.82) is 0 Å². The van der Waals surface area contributed by atoms with Crippen molar-refractivity contribution < 1.29 is 9.59 Å². The zero-order chi connectivity index (χ0) is 13.9. The molecule has 4 nitrogen and oxygen atoms in total. The molecule has 0 atom stereocenters. The van der Waals surface area contributed by atoms with Crippen molar-refractivity contribution in [1.82, 2.24) is 5.32 Å². The van der Waals surface area contributed by atoms with Crippen molar-refractivity contribution >= 4 is 17.5 Å². The molecule has 0 aromatic heterocycles. The second-order valence-corrected chi connectivity index (χ2v) is 5.74. The maximum Gasteiger partial charge on any atom is 0.228 e. The number of hydrogen-bond acceptors (Lipinski definition) is 2. The summed E-state index contributed by atoms with van der Waals surface area (Å²) in [6.07, 6.45) is 5.74. The topological polar surface area (TPSA) is 58.2 Å². The molecule has 0 saturated heterocycles. The Morgan fingerprint density at radius 2 is 2.10 bits per heavy atom. The van der Waals surface area contributed by atoms with E-state index >= 15 is 0 Å². The fourth-order valence-corrected chi connectivity index (χ4v) is 3.10. The lowest BCUT2D eigenvalue weighted by Gasteiger charge is -2.10. The maximum atomic E-state index is 11.9. The lowest BCUT2D eigenvalue weighted by atomic mass is 10.1. The van der Waals surface area contributed by atoms with E-state index in [2.05, 4.69) is 16.7 Å². The van der Waals surface area contributed by atoms with Crippen LogP contribution < -0.4 is 10.6 Å². The first-order valence-corrected chi connectivity index (χ1v) is 7.42. The molecule has 1 fully saturated rings. The van der Waals surface area contributed by atoms with E-state index in [1.807, 2.05) is 12.1 Å². The molecular weight excluding hydrogens is 252 g/mol. The van der Waals surface area contributed by atoms with E-state index in [0.29, 0.717) is 13.0 Å². The number of benzene rings is 1. The Hall–Kier alpha value is -1.84. The number of carbonyl (C=O) groups excluding carboxylic acids is 2. The van der Waals surface area contributed by atoms with Crippen LogP contribution >= 0.6 is 0 Å². The Kier molecular flexibility index (Phi) is 3.72. The average Bonchev–Trinajstić information content (AvgIpc) is 3.05. The van der Waals surface area contributed by atoms with Gasteiger partial charge in [-0.05, 0) is 36.5 Å². The summed E-state index contributed by atoms with van der Waals surface area (Å²) in [5.41, 5.74) is 3.16. The monoisotopic (exact) mass is 272 g/mol.